The lowest BCUT2D eigenvalue weighted by atomic mass is 9.85. The third-order valence-corrected chi connectivity index (χ3v) is 8.01. The van der Waals surface area contributed by atoms with Gasteiger partial charge in [0, 0.05) is 30.2 Å². The maximum Gasteiger partial charge on any atom is 0.350 e. The number of methoxy groups -OCH3 is 1. The molecule has 3 aliphatic rings. The number of carbonyl (C=O) groups excluding carboxylic acids is 2. The predicted molar refractivity (Wildman–Crippen MR) is 144 cm³/mol. The first-order chi connectivity index (χ1) is 17.2. The molecule has 0 N–H and O–H groups in total. The first kappa shape index (κ1) is 28.7. The minimum Gasteiger partial charge on any atom is -0.465 e. The van der Waals surface area contributed by atoms with Crippen molar-refractivity contribution in [1.29, 1.82) is 0 Å². The van der Waals surface area contributed by atoms with Gasteiger partial charge in [-0.05, 0) is 52.5 Å². The lowest BCUT2D eigenvalue weighted by Gasteiger charge is -2.41. The van der Waals surface area contributed by atoms with E-state index in [1.165, 1.54) is 24.9 Å². The second-order valence-corrected chi connectivity index (χ2v) is 11.8. The van der Waals surface area contributed by atoms with Crippen LogP contribution in [0.25, 0.3) is 0 Å². The molecule has 0 atom stereocenters. The minimum absolute atomic E-state index is 0.00174. The zero-order valence-corrected chi connectivity index (χ0v) is 23.7. The van der Waals surface area contributed by atoms with E-state index in [0.29, 0.717) is 23.8 Å². The average molecular weight is 518 g/mol. The highest BCUT2D eigenvalue weighted by Crippen LogP contribution is 2.42. The second kappa shape index (κ2) is 12.6. The van der Waals surface area contributed by atoms with Gasteiger partial charge in [-0.2, -0.15) is 0 Å². The molecule has 2 heterocycles. The second-order valence-electron chi connectivity index (χ2n) is 10.7. The van der Waals surface area contributed by atoms with Crippen molar-refractivity contribution in [3.63, 3.8) is 0 Å². The fourth-order valence-electron chi connectivity index (χ4n) is 5.24. The molecule has 0 radical (unpaired) electrons. The van der Waals surface area contributed by atoms with E-state index >= 15 is 0 Å². The molecule has 200 valence electrons. The molecule has 1 aliphatic heterocycles. The third-order valence-electron chi connectivity index (χ3n) is 6.99. The number of hydrogen-bond donors (Lipinski definition) is 0. The Kier molecular flexibility index (Phi) is 10.0. The van der Waals surface area contributed by atoms with Gasteiger partial charge in [0.25, 0.3) is 0 Å². The Morgan fingerprint density at radius 3 is 2.22 bits per heavy atom. The van der Waals surface area contributed by atoms with Crippen molar-refractivity contribution in [3.05, 3.63) is 15.8 Å². The van der Waals surface area contributed by atoms with Crippen LogP contribution in [0.1, 0.15) is 107 Å². The summed E-state index contributed by atoms with van der Waals surface area (Å²) in [7, 11) is 1.39. The number of rotatable bonds is 4. The lowest BCUT2D eigenvalue weighted by Crippen LogP contribution is -2.49. The largest absolute Gasteiger partial charge is 0.465 e. The molecule has 1 aromatic heterocycles. The first-order valence-electron chi connectivity index (χ1n) is 13.6. The van der Waals surface area contributed by atoms with E-state index in [1.807, 2.05) is 24.8 Å². The van der Waals surface area contributed by atoms with Gasteiger partial charge >= 0.3 is 5.97 Å². The normalized spacial score (nSPS) is 20.2. The van der Waals surface area contributed by atoms with Gasteiger partial charge in [-0.15, -0.1) is 11.3 Å². The van der Waals surface area contributed by atoms with Crippen LogP contribution in [0.4, 0.5) is 5.69 Å². The maximum absolute atomic E-state index is 14.0. The standard InChI is InChI=1S/C27H37NO5S.C2H6/c1-26(2,3)13-12-21-18-22(23(34-21)25(30)31-4)28(24(29)19-8-6-5-7-9-19)20-10-14-27(15-11-20)32-16-17-33-27;1-2/h18-20H,5-11,14-17H2,1-4H3;1-2H3. The van der Waals surface area contributed by atoms with E-state index in [2.05, 4.69) is 32.6 Å². The van der Waals surface area contributed by atoms with Crippen LogP contribution in [-0.2, 0) is 19.0 Å². The molecule has 1 saturated heterocycles. The number of nitrogens with zero attached hydrogens (tertiary/aromatic N) is 1. The van der Waals surface area contributed by atoms with Gasteiger partial charge in [0.15, 0.2) is 5.79 Å². The summed E-state index contributed by atoms with van der Waals surface area (Å²) in [5.41, 5.74) is 0.492. The van der Waals surface area contributed by atoms with Gasteiger partial charge in [-0.1, -0.05) is 45.0 Å². The molecule has 6 nitrogen and oxygen atoms in total. The van der Waals surface area contributed by atoms with E-state index in [-0.39, 0.29) is 23.3 Å². The molecule has 2 aliphatic carbocycles. The maximum atomic E-state index is 14.0. The van der Waals surface area contributed by atoms with E-state index in [9.17, 15) is 9.59 Å². The van der Waals surface area contributed by atoms with E-state index in [0.717, 1.165) is 56.2 Å². The predicted octanol–water partition coefficient (Wildman–Crippen LogP) is 6.56. The fraction of sp³-hybridized carbons (Fsp3) is 0.724. The first-order valence-corrected chi connectivity index (χ1v) is 14.4. The third kappa shape index (κ3) is 6.90. The van der Waals surface area contributed by atoms with E-state index < -0.39 is 11.8 Å². The van der Waals surface area contributed by atoms with Crippen molar-refractivity contribution in [1.82, 2.24) is 0 Å². The molecule has 36 heavy (non-hydrogen) atoms. The van der Waals surface area contributed by atoms with Crippen molar-refractivity contribution in [2.24, 2.45) is 11.3 Å². The summed E-state index contributed by atoms with van der Waals surface area (Å²) in [5.74, 6) is 5.69. The summed E-state index contributed by atoms with van der Waals surface area (Å²) in [6.45, 7) is 11.4. The zero-order valence-electron chi connectivity index (χ0n) is 22.9. The number of amides is 1. The fourth-order valence-corrected chi connectivity index (χ4v) is 6.16. The highest BCUT2D eigenvalue weighted by atomic mass is 32.1. The van der Waals surface area contributed by atoms with Crippen molar-refractivity contribution in [2.75, 3.05) is 25.2 Å². The molecular formula is C29H43NO5S. The van der Waals surface area contributed by atoms with Crippen LogP contribution in [0.2, 0.25) is 0 Å². The summed E-state index contributed by atoms with van der Waals surface area (Å²) in [6, 6.07) is 1.91. The summed E-state index contributed by atoms with van der Waals surface area (Å²) in [5, 5.41) is 0. The number of esters is 1. The molecule has 0 aromatic carbocycles. The van der Waals surface area contributed by atoms with Crippen LogP contribution in [0.3, 0.4) is 0 Å². The van der Waals surface area contributed by atoms with Crippen LogP contribution >= 0.6 is 11.3 Å². The average Bonchev–Trinajstić information content (AvgIpc) is 3.52. The Morgan fingerprint density at radius 1 is 1.06 bits per heavy atom. The highest BCUT2D eigenvalue weighted by molar-refractivity contribution is 7.15. The Hall–Kier alpha value is -1.88. The van der Waals surface area contributed by atoms with Gasteiger partial charge in [-0.25, -0.2) is 4.79 Å². The topological polar surface area (TPSA) is 65.1 Å². The molecule has 1 aromatic rings. The van der Waals surface area contributed by atoms with Crippen molar-refractivity contribution in [3.8, 4) is 11.8 Å². The van der Waals surface area contributed by atoms with Crippen LogP contribution in [0.5, 0.6) is 0 Å². The van der Waals surface area contributed by atoms with E-state index in [1.54, 1.807) is 0 Å². The molecule has 0 unspecified atom stereocenters. The van der Waals surface area contributed by atoms with Gasteiger partial charge in [0.1, 0.15) is 4.88 Å². The molecule has 4 rings (SSSR count). The summed E-state index contributed by atoms with van der Waals surface area (Å²) in [4.78, 5) is 29.9. The Morgan fingerprint density at radius 2 is 1.67 bits per heavy atom. The van der Waals surface area contributed by atoms with E-state index in [4.69, 9.17) is 14.2 Å². The number of hydrogen-bond acceptors (Lipinski definition) is 6. The van der Waals surface area contributed by atoms with Crippen LogP contribution < -0.4 is 4.90 Å². The summed E-state index contributed by atoms with van der Waals surface area (Å²) in [6.07, 6.45) is 8.21. The summed E-state index contributed by atoms with van der Waals surface area (Å²) < 4.78 is 17.0. The number of thiophene rings is 1. The zero-order chi connectivity index (χ0) is 26.3. The molecule has 1 amide bonds. The van der Waals surface area contributed by atoms with Gasteiger partial charge in [0.05, 0.1) is 30.9 Å². The number of ether oxygens (including phenoxy) is 3. The Labute approximate surface area is 221 Å². The van der Waals surface area contributed by atoms with Crippen molar-refractivity contribution < 1.29 is 23.8 Å². The number of carbonyl (C=O) groups is 2. The summed E-state index contributed by atoms with van der Waals surface area (Å²) >= 11 is 1.32. The van der Waals surface area contributed by atoms with Gasteiger partial charge < -0.3 is 19.1 Å². The van der Waals surface area contributed by atoms with Crippen LogP contribution in [0.15, 0.2) is 6.07 Å². The molecule has 1 spiro atoms. The molecular weight excluding hydrogens is 474 g/mol. The van der Waals surface area contributed by atoms with Gasteiger partial charge in [-0.3, -0.25) is 4.79 Å². The van der Waals surface area contributed by atoms with Gasteiger partial charge in [0.2, 0.25) is 5.91 Å². The quantitative estimate of drug-likeness (QED) is 0.334. The minimum atomic E-state index is -0.501. The van der Waals surface area contributed by atoms with Crippen LogP contribution in [0, 0.1) is 23.2 Å². The Bertz CT molecular complexity index is 945. The smallest absolute Gasteiger partial charge is 0.350 e. The Balaban J connectivity index is 0.00000176. The monoisotopic (exact) mass is 517 g/mol. The highest BCUT2D eigenvalue weighted by Gasteiger charge is 2.44. The number of anilines is 1. The lowest BCUT2D eigenvalue weighted by molar-refractivity contribution is -0.179. The molecule has 7 heteroatoms. The van der Waals surface area contributed by atoms with Crippen LogP contribution in [-0.4, -0.2) is 44.0 Å². The molecule has 2 saturated carbocycles. The molecule has 0 bridgehead atoms. The van der Waals surface area contributed by atoms with Crippen molar-refractivity contribution in [2.45, 2.75) is 104 Å². The van der Waals surface area contributed by atoms with Crippen molar-refractivity contribution >= 4 is 28.9 Å². The SMILES string of the molecule is CC.COC(=O)c1sc(C#CC(C)(C)C)cc1N(C(=O)C1CCCCC1)C1CCC2(CC1)OCCO2. The molecule has 3 fully saturated rings.